The smallest absolute Gasteiger partial charge is 0.220 e. The molecule has 0 saturated heterocycles. The average Bonchev–Trinajstić information content (AvgIpc) is 2.35. The summed E-state index contributed by atoms with van der Waals surface area (Å²) in [5.41, 5.74) is 7.55. The molecule has 0 unspecified atom stereocenters. The molecule has 3 N–H and O–H groups in total. The van der Waals surface area contributed by atoms with Crippen LogP contribution < -0.4 is 11.1 Å². The third-order valence-corrected chi connectivity index (χ3v) is 2.50. The van der Waals surface area contributed by atoms with Gasteiger partial charge < -0.3 is 15.8 Å². The highest BCUT2D eigenvalue weighted by molar-refractivity contribution is 5.75. The molecule has 0 aliphatic heterocycles. The van der Waals surface area contributed by atoms with E-state index in [1.165, 1.54) is 0 Å². The van der Waals surface area contributed by atoms with Crippen LogP contribution in [0.1, 0.15) is 24.0 Å². The van der Waals surface area contributed by atoms with Crippen molar-refractivity contribution in [3.05, 3.63) is 35.4 Å². The van der Waals surface area contributed by atoms with Crippen LogP contribution in [-0.4, -0.2) is 19.6 Å². The van der Waals surface area contributed by atoms with E-state index < -0.39 is 0 Å². The molecule has 0 spiro atoms. The fourth-order valence-corrected chi connectivity index (χ4v) is 1.57. The molecular formula is C13H20N2O2. The van der Waals surface area contributed by atoms with Gasteiger partial charge in [-0.1, -0.05) is 24.3 Å². The summed E-state index contributed by atoms with van der Waals surface area (Å²) in [5, 5.41) is 2.88. The van der Waals surface area contributed by atoms with Crippen molar-refractivity contribution in [3.8, 4) is 0 Å². The highest BCUT2D eigenvalue weighted by atomic mass is 16.5. The molecule has 4 heteroatoms. The number of benzene rings is 1. The van der Waals surface area contributed by atoms with Gasteiger partial charge in [-0.25, -0.2) is 0 Å². The number of hydrogen-bond acceptors (Lipinski definition) is 3. The molecular weight excluding hydrogens is 216 g/mol. The van der Waals surface area contributed by atoms with E-state index in [0.717, 1.165) is 17.5 Å². The number of ether oxygens (including phenoxy) is 1. The highest BCUT2D eigenvalue weighted by Gasteiger charge is 2.04. The van der Waals surface area contributed by atoms with Crippen LogP contribution in [0.25, 0.3) is 0 Å². The van der Waals surface area contributed by atoms with Crippen LogP contribution in [0.5, 0.6) is 0 Å². The van der Waals surface area contributed by atoms with Crippen LogP contribution >= 0.6 is 0 Å². The van der Waals surface area contributed by atoms with Crippen molar-refractivity contribution < 1.29 is 9.53 Å². The molecule has 0 aromatic heterocycles. The van der Waals surface area contributed by atoms with E-state index in [2.05, 4.69) is 5.32 Å². The zero-order valence-corrected chi connectivity index (χ0v) is 10.2. The molecule has 0 bridgehead atoms. The fraction of sp³-hybridized carbons (Fsp3) is 0.462. The first-order valence-electron chi connectivity index (χ1n) is 5.80. The lowest BCUT2D eigenvalue weighted by atomic mass is 10.1. The summed E-state index contributed by atoms with van der Waals surface area (Å²) in [7, 11) is 1.66. The molecule has 0 aliphatic rings. The second-order valence-electron chi connectivity index (χ2n) is 3.87. The number of hydrogen-bond donors (Lipinski definition) is 2. The molecule has 0 radical (unpaired) electrons. The zero-order valence-electron chi connectivity index (χ0n) is 10.2. The van der Waals surface area contributed by atoms with Gasteiger partial charge in [0.15, 0.2) is 0 Å². The van der Waals surface area contributed by atoms with Gasteiger partial charge in [-0.3, -0.25) is 4.79 Å². The molecule has 1 aromatic carbocycles. The number of carbonyl (C=O) groups excluding carboxylic acids is 1. The Hall–Kier alpha value is -1.39. The third-order valence-electron chi connectivity index (χ3n) is 2.50. The minimum Gasteiger partial charge on any atom is -0.380 e. The molecule has 4 nitrogen and oxygen atoms in total. The molecule has 0 atom stereocenters. The maximum absolute atomic E-state index is 11.4. The van der Waals surface area contributed by atoms with Gasteiger partial charge in [-0.15, -0.1) is 0 Å². The number of nitrogens with one attached hydrogen (secondary N) is 1. The standard InChI is InChI=1S/C13H20N2O2/c1-17-10-12-6-3-2-5-11(12)9-15-13(16)7-4-8-14/h2-3,5-6H,4,7-10,14H2,1H3,(H,15,16). The molecule has 1 rings (SSSR count). The Morgan fingerprint density at radius 2 is 2.06 bits per heavy atom. The lowest BCUT2D eigenvalue weighted by Gasteiger charge is -2.09. The van der Waals surface area contributed by atoms with Gasteiger partial charge in [0.1, 0.15) is 0 Å². The van der Waals surface area contributed by atoms with E-state index in [-0.39, 0.29) is 5.91 Å². The highest BCUT2D eigenvalue weighted by Crippen LogP contribution is 2.09. The second kappa shape index (κ2) is 7.81. The first kappa shape index (κ1) is 13.7. The summed E-state index contributed by atoms with van der Waals surface area (Å²) in [4.78, 5) is 11.4. The number of carbonyl (C=O) groups is 1. The Kier molecular flexibility index (Phi) is 6.29. The Morgan fingerprint density at radius 3 is 2.71 bits per heavy atom. The summed E-state index contributed by atoms with van der Waals surface area (Å²) in [6.45, 7) is 1.66. The zero-order chi connectivity index (χ0) is 12.5. The number of amides is 1. The van der Waals surface area contributed by atoms with Gasteiger partial charge >= 0.3 is 0 Å². The molecule has 0 heterocycles. The summed E-state index contributed by atoms with van der Waals surface area (Å²) in [5.74, 6) is 0.0441. The van der Waals surface area contributed by atoms with Gasteiger partial charge in [-0.05, 0) is 24.1 Å². The van der Waals surface area contributed by atoms with Gasteiger partial charge in [0.05, 0.1) is 6.61 Å². The molecule has 0 fully saturated rings. The number of methoxy groups -OCH3 is 1. The number of nitrogens with two attached hydrogens (primary N) is 1. The van der Waals surface area contributed by atoms with E-state index in [4.69, 9.17) is 10.5 Å². The predicted octanol–water partition coefficient (Wildman–Crippen LogP) is 1.19. The Balaban J connectivity index is 2.47. The molecule has 17 heavy (non-hydrogen) atoms. The van der Waals surface area contributed by atoms with Crippen molar-refractivity contribution >= 4 is 5.91 Å². The van der Waals surface area contributed by atoms with Crippen LogP contribution in [0.4, 0.5) is 0 Å². The Labute approximate surface area is 102 Å². The van der Waals surface area contributed by atoms with Crippen molar-refractivity contribution in [2.75, 3.05) is 13.7 Å². The Morgan fingerprint density at radius 1 is 1.35 bits per heavy atom. The van der Waals surface area contributed by atoms with Crippen molar-refractivity contribution in [2.45, 2.75) is 26.0 Å². The normalized spacial score (nSPS) is 10.2. The minimum atomic E-state index is 0.0441. The number of rotatable bonds is 7. The van der Waals surface area contributed by atoms with Crippen LogP contribution in [0, 0.1) is 0 Å². The first-order chi connectivity index (χ1) is 8.27. The molecule has 94 valence electrons. The maximum Gasteiger partial charge on any atom is 0.220 e. The third kappa shape index (κ3) is 4.97. The van der Waals surface area contributed by atoms with Gasteiger partial charge in [0.25, 0.3) is 0 Å². The second-order valence-corrected chi connectivity index (χ2v) is 3.87. The van der Waals surface area contributed by atoms with Crippen molar-refractivity contribution in [1.82, 2.24) is 5.32 Å². The minimum absolute atomic E-state index is 0.0441. The van der Waals surface area contributed by atoms with Crippen molar-refractivity contribution in [3.63, 3.8) is 0 Å². The molecule has 1 aromatic rings. The van der Waals surface area contributed by atoms with Gasteiger partial charge in [-0.2, -0.15) is 0 Å². The van der Waals surface area contributed by atoms with Crippen LogP contribution in [0.3, 0.4) is 0 Å². The Bertz CT molecular complexity index is 353. The summed E-state index contributed by atoms with van der Waals surface area (Å²) >= 11 is 0. The molecule has 1 amide bonds. The maximum atomic E-state index is 11.4. The summed E-state index contributed by atoms with van der Waals surface area (Å²) < 4.78 is 5.11. The van der Waals surface area contributed by atoms with Gasteiger partial charge in [0.2, 0.25) is 5.91 Å². The van der Waals surface area contributed by atoms with E-state index >= 15 is 0 Å². The average molecular weight is 236 g/mol. The van der Waals surface area contributed by atoms with E-state index in [9.17, 15) is 4.79 Å². The largest absolute Gasteiger partial charge is 0.380 e. The van der Waals surface area contributed by atoms with E-state index in [1.807, 2.05) is 24.3 Å². The molecule has 0 saturated carbocycles. The van der Waals surface area contributed by atoms with Gasteiger partial charge in [0, 0.05) is 20.1 Å². The lowest BCUT2D eigenvalue weighted by molar-refractivity contribution is -0.121. The lowest BCUT2D eigenvalue weighted by Crippen LogP contribution is -2.23. The van der Waals surface area contributed by atoms with Crippen LogP contribution in [0.15, 0.2) is 24.3 Å². The van der Waals surface area contributed by atoms with E-state index in [0.29, 0.717) is 26.1 Å². The SMILES string of the molecule is COCc1ccccc1CNC(=O)CCCN. The first-order valence-corrected chi connectivity index (χ1v) is 5.80. The van der Waals surface area contributed by atoms with Crippen molar-refractivity contribution in [2.24, 2.45) is 5.73 Å². The van der Waals surface area contributed by atoms with E-state index in [1.54, 1.807) is 7.11 Å². The summed E-state index contributed by atoms with van der Waals surface area (Å²) in [6, 6.07) is 7.93. The van der Waals surface area contributed by atoms with Crippen molar-refractivity contribution in [1.29, 1.82) is 0 Å². The topological polar surface area (TPSA) is 64.3 Å². The van der Waals surface area contributed by atoms with Crippen LogP contribution in [0.2, 0.25) is 0 Å². The fourth-order valence-electron chi connectivity index (χ4n) is 1.57. The van der Waals surface area contributed by atoms with Crippen LogP contribution in [-0.2, 0) is 22.7 Å². The molecule has 0 aliphatic carbocycles. The quantitative estimate of drug-likeness (QED) is 0.747. The predicted molar refractivity (Wildman–Crippen MR) is 67.3 cm³/mol. The monoisotopic (exact) mass is 236 g/mol. The summed E-state index contributed by atoms with van der Waals surface area (Å²) in [6.07, 6.45) is 1.22.